The highest BCUT2D eigenvalue weighted by Crippen LogP contribution is 2.49. The van der Waals surface area contributed by atoms with Gasteiger partial charge in [0, 0.05) is 10.1 Å². The minimum Gasteiger partial charge on any atom is -0.390 e. The summed E-state index contributed by atoms with van der Waals surface area (Å²) in [6, 6.07) is 6.94. The molecule has 0 heterocycles. The molecular formula is C16H22BrF2NO2S. The fourth-order valence-electron chi connectivity index (χ4n) is 2.95. The maximum Gasteiger partial charge on any atom is 0.294 e. The Morgan fingerprint density at radius 2 is 2.17 bits per heavy atom. The van der Waals surface area contributed by atoms with Gasteiger partial charge in [-0.1, -0.05) is 47.1 Å². The lowest BCUT2D eigenvalue weighted by molar-refractivity contribution is -0.122. The van der Waals surface area contributed by atoms with E-state index < -0.39 is 33.9 Å². The second-order valence-electron chi connectivity index (χ2n) is 5.95. The molecule has 0 amide bonds. The molecule has 0 spiro atoms. The Balaban J connectivity index is 2.61. The van der Waals surface area contributed by atoms with Crippen LogP contribution in [0.3, 0.4) is 0 Å². The molecule has 23 heavy (non-hydrogen) atoms. The summed E-state index contributed by atoms with van der Waals surface area (Å²) in [5.41, 5.74) is -0.695. The highest BCUT2D eigenvalue weighted by atomic mass is 79.9. The van der Waals surface area contributed by atoms with Gasteiger partial charge in [-0.15, -0.1) is 0 Å². The summed E-state index contributed by atoms with van der Waals surface area (Å²) in [6.45, 7) is 2.31. The number of aliphatic hydroxyl groups excluding tert-OH is 1. The zero-order valence-electron chi connectivity index (χ0n) is 13.2. The zero-order chi connectivity index (χ0) is 17.3. The third kappa shape index (κ3) is 3.25. The molecule has 2 rings (SSSR count). The standard InChI is InChI=1S/C16H22BrF2NO2S/c1-3-11(2)23(22)20-16(15(18,19)10-21)13-7-5-4-6-12(13)8-9-14(16)17/h4-7,11,14,20-21H,3,8-10H2,1-2H3/t11-,14?,16+,23?/m1/s1. The van der Waals surface area contributed by atoms with Crippen molar-refractivity contribution in [2.24, 2.45) is 0 Å². The summed E-state index contributed by atoms with van der Waals surface area (Å²) in [5, 5.41) is 9.09. The summed E-state index contributed by atoms with van der Waals surface area (Å²) in [5.74, 6) is -3.46. The molecule has 0 saturated carbocycles. The van der Waals surface area contributed by atoms with E-state index in [1.165, 1.54) is 0 Å². The third-order valence-electron chi connectivity index (χ3n) is 4.56. The van der Waals surface area contributed by atoms with E-state index in [-0.39, 0.29) is 5.25 Å². The molecule has 0 saturated heterocycles. The van der Waals surface area contributed by atoms with Gasteiger partial charge in [0.25, 0.3) is 5.92 Å². The molecule has 0 bridgehead atoms. The maximum atomic E-state index is 14.9. The Labute approximate surface area is 146 Å². The number of halogens is 3. The lowest BCUT2D eigenvalue weighted by atomic mass is 9.73. The van der Waals surface area contributed by atoms with Crippen molar-refractivity contribution in [2.45, 2.75) is 54.6 Å². The van der Waals surface area contributed by atoms with Crippen LogP contribution in [-0.2, 0) is 22.9 Å². The quantitative estimate of drug-likeness (QED) is 0.708. The van der Waals surface area contributed by atoms with Crippen LogP contribution in [0.25, 0.3) is 0 Å². The van der Waals surface area contributed by atoms with Crippen LogP contribution in [0, 0.1) is 0 Å². The second kappa shape index (κ2) is 7.25. The predicted octanol–water partition coefficient (Wildman–Crippen LogP) is 3.27. The van der Waals surface area contributed by atoms with Gasteiger partial charge in [0.05, 0.1) is 11.0 Å². The van der Waals surface area contributed by atoms with Crippen molar-refractivity contribution < 1.29 is 18.1 Å². The monoisotopic (exact) mass is 409 g/mol. The number of alkyl halides is 3. The Hall–Kier alpha value is -0.370. The van der Waals surface area contributed by atoms with Gasteiger partial charge in [-0.2, -0.15) is 0 Å². The van der Waals surface area contributed by atoms with Gasteiger partial charge in [0.1, 0.15) is 12.1 Å². The molecular weight excluding hydrogens is 388 g/mol. The van der Waals surface area contributed by atoms with E-state index in [0.29, 0.717) is 24.8 Å². The number of nitrogens with one attached hydrogen (secondary N) is 1. The van der Waals surface area contributed by atoms with E-state index in [1.54, 1.807) is 25.1 Å². The fraction of sp³-hybridized carbons (Fsp3) is 0.625. The van der Waals surface area contributed by atoms with Crippen LogP contribution >= 0.6 is 15.9 Å². The first-order valence-electron chi connectivity index (χ1n) is 7.69. The lowest BCUT2D eigenvalue weighted by Crippen LogP contribution is -2.65. The van der Waals surface area contributed by atoms with Gasteiger partial charge in [-0.25, -0.2) is 17.7 Å². The molecule has 1 aliphatic carbocycles. The molecule has 3 nitrogen and oxygen atoms in total. The van der Waals surface area contributed by atoms with Crippen molar-refractivity contribution in [2.75, 3.05) is 6.61 Å². The number of fused-ring (bicyclic) bond motifs is 1. The first-order valence-corrected chi connectivity index (χ1v) is 9.82. The first kappa shape index (κ1) is 19.0. The molecule has 4 atom stereocenters. The third-order valence-corrected chi connectivity index (χ3v) is 7.29. The lowest BCUT2D eigenvalue weighted by Gasteiger charge is -2.47. The van der Waals surface area contributed by atoms with Crippen LogP contribution in [0.1, 0.15) is 37.8 Å². The second-order valence-corrected chi connectivity index (χ2v) is 8.66. The molecule has 0 fully saturated rings. The van der Waals surface area contributed by atoms with E-state index in [2.05, 4.69) is 20.7 Å². The Bertz CT molecular complexity index is 587. The van der Waals surface area contributed by atoms with Gasteiger partial charge < -0.3 is 5.11 Å². The van der Waals surface area contributed by atoms with Gasteiger partial charge in [-0.05, 0) is 37.3 Å². The van der Waals surface area contributed by atoms with Crippen molar-refractivity contribution in [3.8, 4) is 0 Å². The molecule has 1 aromatic rings. The van der Waals surface area contributed by atoms with Gasteiger partial charge in [0.15, 0.2) is 0 Å². The van der Waals surface area contributed by atoms with Gasteiger partial charge in [0.2, 0.25) is 0 Å². The SMILES string of the molecule is CC[C@@H](C)S(=O)N[C@@]1(C(F)(F)CO)c2ccccc2CCC1Br. The van der Waals surface area contributed by atoms with Crippen molar-refractivity contribution in [3.63, 3.8) is 0 Å². The summed E-state index contributed by atoms with van der Waals surface area (Å²) in [4.78, 5) is -0.639. The van der Waals surface area contributed by atoms with Crippen molar-refractivity contribution in [1.29, 1.82) is 0 Å². The highest BCUT2D eigenvalue weighted by molar-refractivity contribution is 9.09. The van der Waals surface area contributed by atoms with Crippen LogP contribution in [0.15, 0.2) is 24.3 Å². The van der Waals surface area contributed by atoms with E-state index in [0.717, 1.165) is 5.56 Å². The average molecular weight is 410 g/mol. The van der Waals surface area contributed by atoms with Crippen LogP contribution in [0.5, 0.6) is 0 Å². The zero-order valence-corrected chi connectivity index (χ0v) is 15.6. The molecule has 0 aromatic heterocycles. The topological polar surface area (TPSA) is 49.3 Å². The number of benzene rings is 1. The summed E-state index contributed by atoms with van der Waals surface area (Å²) < 4.78 is 45.0. The fourth-order valence-corrected chi connectivity index (χ4v) is 5.24. The summed E-state index contributed by atoms with van der Waals surface area (Å²) in [6.07, 6.45) is 1.74. The normalized spacial score (nSPS) is 27.3. The van der Waals surface area contributed by atoms with Crippen LogP contribution in [0.2, 0.25) is 0 Å². The number of hydrogen-bond donors (Lipinski definition) is 2. The molecule has 1 aromatic carbocycles. The largest absolute Gasteiger partial charge is 0.390 e. The summed E-state index contributed by atoms with van der Waals surface area (Å²) >= 11 is 3.37. The molecule has 0 aliphatic heterocycles. The number of rotatable bonds is 6. The summed E-state index contributed by atoms with van der Waals surface area (Å²) in [7, 11) is -1.65. The van der Waals surface area contributed by atoms with Crippen LogP contribution in [-0.4, -0.2) is 31.9 Å². The molecule has 2 unspecified atom stereocenters. The smallest absolute Gasteiger partial charge is 0.294 e. The molecule has 1 aliphatic rings. The number of hydrogen-bond acceptors (Lipinski definition) is 2. The van der Waals surface area contributed by atoms with E-state index in [1.807, 2.05) is 13.0 Å². The van der Waals surface area contributed by atoms with E-state index >= 15 is 0 Å². The van der Waals surface area contributed by atoms with Crippen molar-refractivity contribution >= 4 is 26.9 Å². The maximum absolute atomic E-state index is 14.9. The Morgan fingerprint density at radius 3 is 2.78 bits per heavy atom. The van der Waals surface area contributed by atoms with Crippen LogP contribution in [0.4, 0.5) is 8.78 Å². The predicted molar refractivity (Wildman–Crippen MR) is 92.2 cm³/mol. The number of aryl methyl sites for hydroxylation is 1. The molecule has 7 heteroatoms. The average Bonchev–Trinajstić information content (AvgIpc) is 2.56. The van der Waals surface area contributed by atoms with Gasteiger partial charge in [-0.3, -0.25) is 0 Å². The van der Waals surface area contributed by atoms with E-state index in [4.69, 9.17) is 0 Å². The van der Waals surface area contributed by atoms with Crippen molar-refractivity contribution in [1.82, 2.24) is 4.72 Å². The highest BCUT2D eigenvalue weighted by Gasteiger charge is 2.61. The minimum absolute atomic E-state index is 0.268. The van der Waals surface area contributed by atoms with Crippen LogP contribution < -0.4 is 4.72 Å². The Morgan fingerprint density at radius 1 is 1.52 bits per heavy atom. The number of aliphatic hydroxyl groups is 1. The van der Waals surface area contributed by atoms with Gasteiger partial charge >= 0.3 is 0 Å². The Kier molecular flexibility index (Phi) is 5.98. The molecule has 2 N–H and O–H groups in total. The van der Waals surface area contributed by atoms with Crippen molar-refractivity contribution in [3.05, 3.63) is 35.4 Å². The first-order chi connectivity index (χ1) is 10.8. The molecule has 130 valence electrons. The minimum atomic E-state index is -3.46. The van der Waals surface area contributed by atoms with E-state index in [9.17, 15) is 18.1 Å². The molecule has 0 radical (unpaired) electrons.